The van der Waals surface area contributed by atoms with Crippen molar-refractivity contribution in [3.05, 3.63) is 47.8 Å². The first-order valence-corrected chi connectivity index (χ1v) is 7.38. The van der Waals surface area contributed by atoms with E-state index in [1.165, 1.54) is 0 Å². The molecule has 3 rings (SSSR count). The van der Waals surface area contributed by atoms with Crippen molar-refractivity contribution in [3.63, 3.8) is 0 Å². The van der Waals surface area contributed by atoms with Crippen LogP contribution in [0.25, 0.3) is 0 Å². The van der Waals surface area contributed by atoms with Crippen LogP contribution < -0.4 is 16.4 Å². The lowest BCUT2D eigenvalue weighted by atomic mass is 10.1. The molecule has 2 aromatic rings. The molecule has 1 fully saturated rings. The number of carbonyl (C=O) groups excluding carboxylic acids is 1. The Kier molecular flexibility index (Phi) is 4.02. The van der Waals surface area contributed by atoms with Crippen molar-refractivity contribution in [2.45, 2.75) is 18.9 Å². The number of hydrogen-bond acceptors (Lipinski definition) is 6. The van der Waals surface area contributed by atoms with Gasteiger partial charge in [-0.2, -0.15) is 0 Å². The highest BCUT2D eigenvalue weighted by Gasteiger charge is 2.19. The van der Waals surface area contributed by atoms with Gasteiger partial charge in [0.2, 0.25) is 5.78 Å². The van der Waals surface area contributed by atoms with E-state index in [9.17, 15) is 4.79 Å². The Labute approximate surface area is 129 Å². The topological polar surface area (TPSA) is 98.1 Å². The lowest BCUT2D eigenvalue weighted by Gasteiger charge is -2.31. The SMILES string of the molecule is Nc1ncccc1C(=O)c1cccc(N2CCC(N)CC2)n1. The predicted molar refractivity (Wildman–Crippen MR) is 85.7 cm³/mol. The Morgan fingerprint density at radius 3 is 2.68 bits per heavy atom. The molecular formula is C16H19N5O. The molecule has 4 N–H and O–H groups in total. The van der Waals surface area contributed by atoms with Crippen LogP contribution in [0.15, 0.2) is 36.5 Å². The fraction of sp³-hybridized carbons (Fsp3) is 0.312. The Bertz CT molecular complexity index is 680. The van der Waals surface area contributed by atoms with Gasteiger partial charge in [0.25, 0.3) is 0 Å². The van der Waals surface area contributed by atoms with Gasteiger partial charge >= 0.3 is 0 Å². The van der Waals surface area contributed by atoms with Gasteiger partial charge in [-0.15, -0.1) is 0 Å². The number of piperidine rings is 1. The van der Waals surface area contributed by atoms with E-state index in [4.69, 9.17) is 11.5 Å². The summed E-state index contributed by atoms with van der Waals surface area (Å²) in [5.74, 6) is 0.824. The molecule has 1 aliphatic rings. The molecule has 0 aromatic carbocycles. The van der Waals surface area contributed by atoms with Crippen molar-refractivity contribution >= 4 is 17.4 Å². The summed E-state index contributed by atoms with van der Waals surface area (Å²) >= 11 is 0. The van der Waals surface area contributed by atoms with Crippen molar-refractivity contribution < 1.29 is 4.79 Å². The number of anilines is 2. The Morgan fingerprint density at radius 1 is 1.18 bits per heavy atom. The predicted octanol–water partition coefficient (Wildman–Crippen LogP) is 1.22. The first-order valence-electron chi connectivity index (χ1n) is 7.38. The van der Waals surface area contributed by atoms with Gasteiger partial charge in [-0.05, 0) is 37.1 Å². The summed E-state index contributed by atoms with van der Waals surface area (Å²) in [6.07, 6.45) is 3.44. The third kappa shape index (κ3) is 2.92. The summed E-state index contributed by atoms with van der Waals surface area (Å²) in [6, 6.07) is 9.08. The quantitative estimate of drug-likeness (QED) is 0.827. The molecule has 0 aliphatic carbocycles. The lowest BCUT2D eigenvalue weighted by Crippen LogP contribution is -2.40. The first kappa shape index (κ1) is 14.5. The summed E-state index contributed by atoms with van der Waals surface area (Å²) in [4.78, 5) is 23.1. The fourth-order valence-electron chi connectivity index (χ4n) is 2.60. The van der Waals surface area contributed by atoms with Crippen LogP contribution in [0, 0.1) is 0 Å². The lowest BCUT2D eigenvalue weighted by molar-refractivity contribution is 0.103. The third-order valence-corrected chi connectivity index (χ3v) is 3.91. The van der Waals surface area contributed by atoms with Crippen LogP contribution >= 0.6 is 0 Å². The van der Waals surface area contributed by atoms with Crippen LogP contribution in [-0.2, 0) is 0 Å². The molecule has 6 heteroatoms. The highest BCUT2D eigenvalue weighted by molar-refractivity contribution is 6.10. The van der Waals surface area contributed by atoms with Crippen LogP contribution in [-0.4, -0.2) is 34.9 Å². The molecular weight excluding hydrogens is 278 g/mol. The molecule has 0 spiro atoms. The van der Waals surface area contributed by atoms with E-state index in [0.717, 1.165) is 31.7 Å². The number of rotatable bonds is 3. The van der Waals surface area contributed by atoms with Crippen LogP contribution in [0.1, 0.15) is 28.9 Å². The molecule has 0 saturated carbocycles. The molecule has 0 unspecified atom stereocenters. The molecule has 6 nitrogen and oxygen atoms in total. The van der Waals surface area contributed by atoms with E-state index in [-0.39, 0.29) is 17.6 Å². The molecule has 2 aromatic heterocycles. The average Bonchev–Trinajstić information content (AvgIpc) is 2.55. The Balaban J connectivity index is 1.85. The van der Waals surface area contributed by atoms with E-state index in [2.05, 4.69) is 14.9 Å². The molecule has 0 amide bonds. The largest absolute Gasteiger partial charge is 0.383 e. The van der Waals surface area contributed by atoms with E-state index < -0.39 is 0 Å². The zero-order valence-corrected chi connectivity index (χ0v) is 12.3. The number of nitrogens with zero attached hydrogens (tertiary/aromatic N) is 3. The van der Waals surface area contributed by atoms with Crippen molar-refractivity contribution in [1.29, 1.82) is 0 Å². The maximum Gasteiger partial charge on any atom is 0.215 e. The number of aromatic nitrogens is 2. The molecule has 114 valence electrons. The number of nitrogens with two attached hydrogens (primary N) is 2. The number of nitrogen functional groups attached to an aromatic ring is 1. The van der Waals surface area contributed by atoms with Gasteiger partial charge in [0.05, 0.1) is 5.56 Å². The minimum atomic E-state index is -0.207. The second-order valence-corrected chi connectivity index (χ2v) is 5.47. The minimum absolute atomic E-state index is 0.207. The van der Waals surface area contributed by atoms with Gasteiger partial charge in [-0.25, -0.2) is 9.97 Å². The molecule has 0 bridgehead atoms. The molecule has 0 radical (unpaired) electrons. The van der Waals surface area contributed by atoms with Gasteiger partial charge in [-0.3, -0.25) is 4.79 Å². The van der Waals surface area contributed by atoms with Crippen LogP contribution in [0.3, 0.4) is 0 Å². The summed E-state index contributed by atoms with van der Waals surface area (Å²) in [6.45, 7) is 1.72. The monoisotopic (exact) mass is 297 g/mol. The van der Waals surface area contributed by atoms with E-state index in [1.54, 1.807) is 24.4 Å². The maximum absolute atomic E-state index is 12.5. The zero-order chi connectivity index (χ0) is 15.5. The smallest absolute Gasteiger partial charge is 0.215 e. The van der Waals surface area contributed by atoms with E-state index in [0.29, 0.717) is 11.3 Å². The second-order valence-electron chi connectivity index (χ2n) is 5.47. The number of pyridine rings is 2. The molecule has 1 saturated heterocycles. The van der Waals surface area contributed by atoms with Gasteiger partial charge in [-0.1, -0.05) is 6.07 Å². The average molecular weight is 297 g/mol. The van der Waals surface area contributed by atoms with Crippen LogP contribution in [0.2, 0.25) is 0 Å². The number of carbonyl (C=O) groups is 1. The summed E-state index contributed by atoms with van der Waals surface area (Å²) < 4.78 is 0. The molecule has 3 heterocycles. The van der Waals surface area contributed by atoms with Crippen molar-refractivity contribution in [1.82, 2.24) is 9.97 Å². The van der Waals surface area contributed by atoms with Crippen LogP contribution in [0.4, 0.5) is 11.6 Å². The van der Waals surface area contributed by atoms with Gasteiger partial charge < -0.3 is 16.4 Å². The minimum Gasteiger partial charge on any atom is -0.383 e. The first-order chi connectivity index (χ1) is 10.6. The van der Waals surface area contributed by atoms with Crippen molar-refractivity contribution in [2.75, 3.05) is 23.7 Å². The summed E-state index contributed by atoms with van der Waals surface area (Å²) in [5, 5.41) is 0. The van der Waals surface area contributed by atoms with E-state index >= 15 is 0 Å². The van der Waals surface area contributed by atoms with Crippen molar-refractivity contribution in [3.8, 4) is 0 Å². The number of ketones is 1. The van der Waals surface area contributed by atoms with Crippen molar-refractivity contribution in [2.24, 2.45) is 5.73 Å². The van der Waals surface area contributed by atoms with Crippen LogP contribution in [0.5, 0.6) is 0 Å². The van der Waals surface area contributed by atoms with E-state index in [1.807, 2.05) is 12.1 Å². The zero-order valence-electron chi connectivity index (χ0n) is 12.3. The second kappa shape index (κ2) is 6.11. The molecule has 22 heavy (non-hydrogen) atoms. The molecule has 0 atom stereocenters. The fourth-order valence-corrected chi connectivity index (χ4v) is 2.60. The van der Waals surface area contributed by atoms with Gasteiger partial charge in [0.1, 0.15) is 17.3 Å². The Morgan fingerprint density at radius 2 is 1.95 bits per heavy atom. The van der Waals surface area contributed by atoms with Gasteiger partial charge in [0.15, 0.2) is 0 Å². The Hall–Kier alpha value is -2.47. The number of hydrogen-bond donors (Lipinski definition) is 2. The van der Waals surface area contributed by atoms with Gasteiger partial charge in [0, 0.05) is 25.3 Å². The highest BCUT2D eigenvalue weighted by atomic mass is 16.1. The standard InChI is InChI=1S/C16H19N5O/c17-11-6-9-21(10-7-11)14-5-1-4-13(20-14)15(22)12-3-2-8-19-16(12)18/h1-5,8,11H,6-7,9-10,17H2,(H2,18,19). The molecule has 1 aliphatic heterocycles. The summed E-state index contributed by atoms with van der Waals surface area (Å²) in [5.41, 5.74) is 12.5. The normalized spacial score (nSPS) is 15.8. The third-order valence-electron chi connectivity index (χ3n) is 3.91. The summed E-state index contributed by atoms with van der Waals surface area (Å²) in [7, 11) is 0. The maximum atomic E-state index is 12.5. The highest BCUT2D eigenvalue weighted by Crippen LogP contribution is 2.19.